The van der Waals surface area contributed by atoms with Gasteiger partial charge < -0.3 is 4.57 Å². The smallest absolute Gasteiger partial charge is 0.144 e. The van der Waals surface area contributed by atoms with Crippen molar-refractivity contribution in [1.29, 1.82) is 0 Å². The first-order valence-electron chi connectivity index (χ1n) is 16.8. The Balaban J connectivity index is 0.00000165. The SMILES string of the molecule is C/C=C/c1cnc(-c2ccccc2)n1-c1ccc(-n2c(CC)cc(CC)c2CCCCC)cc1.C=CC.C=CC.CC.CC. The van der Waals surface area contributed by atoms with Gasteiger partial charge in [-0.2, -0.15) is 0 Å². The van der Waals surface area contributed by atoms with E-state index >= 15 is 0 Å². The van der Waals surface area contributed by atoms with Gasteiger partial charge in [-0.25, -0.2) is 4.98 Å². The van der Waals surface area contributed by atoms with Crippen molar-refractivity contribution in [3.05, 3.63) is 121 Å². The number of allylic oxidation sites excluding steroid dienone is 3. The molecular formula is C41H61N3. The molecule has 0 N–H and O–H groups in total. The normalized spacial score (nSPS) is 9.77. The van der Waals surface area contributed by atoms with E-state index in [1.807, 2.05) is 60.7 Å². The number of unbranched alkanes of at least 4 members (excludes halogenated alkanes) is 2. The number of hydrogen-bond acceptors (Lipinski definition) is 1. The van der Waals surface area contributed by atoms with Crippen LogP contribution in [0.15, 0.2) is 98.2 Å². The Kier molecular flexibility index (Phi) is 22.4. The maximum absolute atomic E-state index is 4.77. The number of aromatic nitrogens is 3. The summed E-state index contributed by atoms with van der Waals surface area (Å²) in [5.74, 6) is 0.963. The van der Waals surface area contributed by atoms with Crippen LogP contribution in [-0.4, -0.2) is 14.1 Å². The van der Waals surface area contributed by atoms with E-state index in [1.54, 1.807) is 12.2 Å². The van der Waals surface area contributed by atoms with Gasteiger partial charge in [0, 0.05) is 28.3 Å². The van der Waals surface area contributed by atoms with Crippen molar-refractivity contribution in [2.24, 2.45) is 0 Å². The summed E-state index contributed by atoms with van der Waals surface area (Å²) >= 11 is 0. The summed E-state index contributed by atoms with van der Waals surface area (Å²) in [6, 6.07) is 21.8. The number of hydrogen-bond donors (Lipinski definition) is 0. The number of benzene rings is 2. The van der Waals surface area contributed by atoms with E-state index in [1.165, 1.54) is 41.9 Å². The van der Waals surface area contributed by atoms with Crippen LogP contribution in [0.1, 0.15) is 111 Å². The second kappa shape index (κ2) is 24.6. The fourth-order valence-electron chi connectivity index (χ4n) is 4.84. The standard InChI is InChI=1S/C31H37N3.2C3H6.2C2H6/c1-5-9-11-17-30-24(7-3)22-26(8-4)33(30)27-18-20-28(21-19-27)34-29(14-6-2)23-32-31(34)25-15-12-10-13-16-25;2*1-3-2;2*1-2/h6,10,12-16,18-23H,5,7-9,11,17H2,1-4H3;2*3H,1H2,2H3;2*1-2H3/b14-6+;;;;. The molecule has 0 bridgehead atoms. The Morgan fingerprint density at radius 3 is 1.75 bits per heavy atom. The first kappa shape index (κ1) is 40.1. The molecule has 44 heavy (non-hydrogen) atoms. The summed E-state index contributed by atoms with van der Waals surface area (Å²) in [6.45, 7) is 27.4. The highest BCUT2D eigenvalue weighted by Crippen LogP contribution is 2.28. The van der Waals surface area contributed by atoms with Crippen LogP contribution in [0.5, 0.6) is 0 Å². The molecule has 4 rings (SSSR count). The average molecular weight is 596 g/mol. The Morgan fingerprint density at radius 1 is 0.727 bits per heavy atom. The zero-order valence-electron chi connectivity index (χ0n) is 29.7. The summed E-state index contributed by atoms with van der Waals surface area (Å²) in [4.78, 5) is 4.77. The minimum absolute atomic E-state index is 0.963. The van der Waals surface area contributed by atoms with Gasteiger partial charge in [-0.05, 0) is 88.4 Å². The Hall–Kier alpha value is -3.85. The molecule has 3 heteroatoms. The summed E-state index contributed by atoms with van der Waals surface area (Å²) < 4.78 is 4.76. The number of imidazole rings is 1. The fraction of sp³-hybridized carbons (Fsp3) is 0.390. The lowest BCUT2D eigenvalue weighted by Crippen LogP contribution is -2.06. The summed E-state index contributed by atoms with van der Waals surface area (Å²) in [6.07, 6.45) is 16.7. The van der Waals surface area contributed by atoms with Crippen molar-refractivity contribution in [2.75, 3.05) is 0 Å². The van der Waals surface area contributed by atoms with Crippen LogP contribution < -0.4 is 0 Å². The van der Waals surface area contributed by atoms with Crippen LogP contribution in [0.25, 0.3) is 28.8 Å². The zero-order valence-corrected chi connectivity index (χ0v) is 29.7. The van der Waals surface area contributed by atoms with E-state index in [2.05, 4.69) is 110 Å². The van der Waals surface area contributed by atoms with Crippen molar-refractivity contribution in [1.82, 2.24) is 14.1 Å². The molecule has 0 aliphatic rings. The molecule has 0 aliphatic carbocycles. The van der Waals surface area contributed by atoms with Gasteiger partial charge in [0.2, 0.25) is 0 Å². The van der Waals surface area contributed by atoms with Crippen molar-refractivity contribution in [3.8, 4) is 22.8 Å². The first-order chi connectivity index (χ1) is 21.5. The van der Waals surface area contributed by atoms with Gasteiger partial charge >= 0.3 is 0 Å². The van der Waals surface area contributed by atoms with Gasteiger partial charge in [-0.15, -0.1) is 13.2 Å². The Bertz CT molecular complexity index is 1310. The van der Waals surface area contributed by atoms with E-state index in [9.17, 15) is 0 Å². The molecule has 0 unspecified atom stereocenters. The van der Waals surface area contributed by atoms with Crippen LogP contribution in [0, 0.1) is 0 Å². The predicted molar refractivity (Wildman–Crippen MR) is 199 cm³/mol. The highest BCUT2D eigenvalue weighted by Gasteiger charge is 2.16. The summed E-state index contributed by atoms with van der Waals surface area (Å²) in [5.41, 5.74) is 8.96. The highest BCUT2D eigenvalue weighted by molar-refractivity contribution is 5.64. The molecule has 0 saturated heterocycles. The zero-order chi connectivity index (χ0) is 33.3. The molecule has 240 valence electrons. The van der Waals surface area contributed by atoms with Gasteiger partial charge in [0.05, 0.1) is 11.9 Å². The van der Waals surface area contributed by atoms with Crippen molar-refractivity contribution in [3.63, 3.8) is 0 Å². The Labute approximate surface area is 271 Å². The van der Waals surface area contributed by atoms with E-state index in [0.717, 1.165) is 42.0 Å². The van der Waals surface area contributed by atoms with Gasteiger partial charge in [-0.3, -0.25) is 4.57 Å². The van der Waals surface area contributed by atoms with Crippen molar-refractivity contribution in [2.45, 2.75) is 108 Å². The predicted octanol–water partition coefficient (Wildman–Crippen LogP) is 12.7. The average Bonchev–Trinajstić information content (AvgIpc) is 3.66. The molecule has 0 spiro atoms. The lowest BCUT2D eigenvalue weighted by molar-refractivity contribution is 0.690. The van der Waals surface area contributed by atoms with Crippen molar-refractivity contribution >= 4 is 6.08 Å². The molecule has 2 aromatic heterocycles. The third-order valence-electron chi connectivity index (χ3n) is 6.55. The van der Waals surface area contributed by atoms with Gasteiger partial charge in [0.25, 0.3) is 0 Å². The summed E-state index contributed by atoms with van der Waals surface area (Å²) in [7, 11) is 0. The molecular weight excluding hydrogens is 534 g/mol. The second-order valence-corrected chi connectivity index (χ2v) is 9.65. The molecule has 2 heterocycles. The number of rotatable bonds is 10. The van der Waals surface area contributed by atoms with E-state index in [0.29, 0.717) is 0 Å². The highest BCUT2D eigenvalue weighted by atomic mass is 15.1. The Morgan fingerprint density at radius 2 is 1.27 bits per heavy atom. The minimum Gasteiger partial charge on any atom is -0.318 e. The first-order valence-corrected chi connectivity index (χ1v) is 16.8. The maximum atomic E-state index is 4.77. The molecule has 0 radical (unpaired) electrons. The molecule has 0 amide bonds. The lowest BCUT2D eigenvalue weighted by Gasteiger charge is -2.16. The largest absolute Gasteiger partial charge is 0.318 e. The molecule has 0 saturated carbocycles. The number of nitrogens with zero attached hydrogens (tertiary/aromatic N) is 3. The van der Waals surface area contributed by atoms with Crippen LogP contribution in [0.2, 0.25) is 0 Å². The fourth-order valence-corrected chi connectivity index (χ4v) is 4.84. The van der Waals surface area contributed by atoms with E-state index in [-0.39, 0.29) is 0 Å². The van der Waals surface area contributed by atoms with Gasteiger partial charge in [-0.1, -0.05) is 110 Å². The third-order valence-corrected chi connectivity index (χ3v) is 6.55. The molecule has 0 fully saturated rings. The van der Waals surface area contributed by atoms with Gasteiger partial charge in [0.1, 0.15) is 5.82 Å². The molecule has 0 aliphatic heterocycles. The third kappa shape index (κ3) is 11.7. The van der Waals surface area contributed by atoms with Crippen LogP contribution in [0.3, 0.4) is 0 Å². The monoisotopic (exact) mass is 595 g/mol. The van der Waals surface area contributed by atoms with E-state index < -0.39 is 0 Å². The van der Waals surface area contributed by atoms with Gasteiger partial charge in [0.15, 0.2) is 0 Å². The molecule has 3 nitrogen and oxygen atoms in total. The maximum Gasteiger partial charge on any atom is 0.144 e. The summed E-state index contributed by atoms with van der Waals surface area (Å²) in [5, 5.41) is 0. The van der Waals surface area contributed by atoms with Crippen LogP contribution in [0.4, 0.5) is 0 Å². The molecule has 0 atom stereocenters. The number of aryl methyl sites for hydroxylation is 2. The quantitative estimate of drug-likeness (QED) is 0.132. The van der Waals surface area contributed by atoms with E-state index in [4.69, 9.17) is 4.98 Å². The lowest BCUT2D eigenvalue weighted by atomic mass is 10.1. The minimum atomic E-state index is 0.963. The van der Waals surface area contributed by atoms with Crippen LogP contribution >= 0.6 is 0 Å². The topological polar surface area (TPSA) is 22.8 Å². The van der Waals surface area contributed by atoms with Crippen molar-refractivity contribution < 1.29 is 0 Å². The second-order valence-electron chi connectivity index (χ2n) is 9.65. The van der Waals surface area contributed by atoms with Crippen LogP contribution in [-0.2, 0) is 19.3 Å². The molecule has 4 aromatic rings. The molecule has 2 aromatic carbocycles.